The van der Waals surface area contributed by atoms with Crippen LogP contribution in [0.1, 0.15) is 30.4 Å². The molecule has 108 valence electrons. The van der Waals surface area contributed by atoms with Crippen molar-refractivity contribution >= 4 is 11.7 Å². The summed E-state index contributed by atoms with van der Waals surface area (Å²) in [4.78, 5) is 15.4. The van der Waals surface area contributed by atoms with E-state index in [1.165, 1.54) is 23.2 Å². The maximum absolute atomic E-state index is 11.0. The van der Waals surface area contributed by atoms with Crippen LogP contribution in [0.2, 0.25) is 0 Å². The normalized spacial score (nSPS) is 18.2. The highest BCUT2D eigenvalue weighted by Gasteiger charge is 2.30. The van der Waals surface area contributed by atoms with Gasteiger partial charge in [-0.3, -0.25) is 9.69 Å². The molecule has 4 heteroatoms. The quantitative estimate of drug-likeness (QED) is 0.893. The van der Waals surface area contributed by atoms with E-state index in [0.717, 1.165) is 32.4 Å². The Morgan fingerprint density at radius 2 is 2.25 bits per heavy atom. The standard InChI is InChI=1S/C16H22N2O2/c1-17-8-2-3-13-9-12(4-7-15(13)17)10-18(11-16(19)20)14-5-6-14/h4,7,9,14H,2-3,5-6,8,10-11H2,1H3,(H,19,20). The number of carboxylic acids is 1. The zero-order valence-electron chi connectivity index (χ0n) is 12.0. The third-order valence-corrected chi connectivity index (χ3v) is 4.28. The number of carbonyl (C=O) groups is 1. The molecule has 1 aromatic carbocycles. The van der Waals surface area contributed by atoms with Crippen molar-refractivity contribution in [2.45, 2.75) is 38.3 Å². The number of hydrogen-bond acceptors (Lipinski definition) is 3. The molecule has 0 spiro atoms. The van der Waals surface area contributed by atoms with E-state index in [0.29, 0.717) is 6.04 Å². The van der Waals surface area contributed by atoms with E-state index in [-0.39, 0.29) is 6.54 Å². The molecule has 1 heterocycles. The Bertz CT molecular complexity index is 511. The lowest BCUT2D eigenvalue weighted by Crippen LogP contribution is -2.31. The van der Waals surface area contributed by atoms with Gasteiger partial charge in [0.25, 0.3) is 0 Å². The van der Waals surface area contributed by atoms with Crippen LogP contribution in [-0.2, 0) is 17.8 Å². The highest BCUT2D eigenvalue weighted by Crippen LogP contribution is 2.30. The predicted octanol–water partition coefficient (Wildman–Crippen LogP) is 2.12. The Balaban J connectivity index is 1.75. The molecule has 3 rings (SSSR count). The molecule has 0 bridgehead atoms. The van der Waals surface area contributed by atoms with Crippen LogP contribution in [0.4, 0.5) is 5.69 Å². The highest BCUT2D eigenvalue weighted by molar-refractivity contribution is 5.69. The number of anilines is 1. The number of aliphatic carboxylic acids is 1. The fraction of sp³-hybridized carbons (Fsp3) is 0.562. The third kappa shape index (κ3) is 2.96. The number of fused-ring (bicyclic) bond motifs is 1. The highest BCUT2D eigenvalue weighted by atomic mass is 16.4. The number of nitrogens with zero attached hydrogens (tertiary/aromatic N) is 2. The van der Waals surface area contributed by atoms with E-state index in [2.05, 4.69) is 35.0 Å². The zero-order valence-corrected chi connectivity index (χ0v) is 12.0. The summed E-state index contributed by atoms with van der Waals surface area (Å²) in [5, 5.41) is 9.02. The number of aryl methyl sites for hydroxylation is 1. The van der Waals surface area contributed by atoms with Gasteiger partial charge in [0.15, 0.2) is 0 Å². The van der Waals surface area contributed by atoms with Crippen molar-refractivity contribution in [2.24, 2.45) is 0 Å². The van der Waals surface area contributed by atoms with E-state index < -0.39 is 5.97 Å². The van der Waals surface area contributed by atoms with E-state index in [1.54, 1.807) is 0 Å². The minimum Gasteiger partial charge on any atom is -0.480 e. The van der Waals surface area contributed by atoms with Crippen molar-refractivity contribution in [3.05, 3.63) is 29.3 Å². The SMILES string of the molecule is CN1CCCc2cc(CN(CC(=O)O)C3CC3)ccc21. The fourth-order valence-electron chi connectivity index (χ4n) is 3.10. The van der Waals surface area contributed by atoms with E-state index in [4.69, 9.17) is 5.11 Å². The van der Waals surface area contributed by atoms with Crippen LogP contribution >= 0.6 is 0 Å². The number of carboxylic acid groups (broad SMARTS) is 1. The summed E-state index contributed by atoms with van der Waals surface area (Å²) in [6.45, 7) is 2.04. The molecule has 1 saturated carbocycles. The van der Waals surface area contributed by atoms with Gasteiger partial charge in [-0.15, -0.1) is 0 Å². The van der Waals surface area contributed by atoms with Crippen LogP contribution in [0.15, 0.2) is 18.2 Å². The molecule has 0 radical (unpaired) electrons. The first-order valence-electron chi connectivity index (χ1n) is 7.42. The molecule has 0 aromatic heterocycles. The lowest BCUT2D eigenvalue weighted by molar-refractivity contribution is -0.138. The van der Waals surface area contributed by atoms with Gasteiger partial charge in [-0.1, -0.05) is 12.1 Å². The Kier molecular flexibility index (Phi) is 3.66. The Morgan fingerprint density at radius 1 is 1.45 bits per heavy atom. The molecule has 1 aliphatic heterocycles. The van der Waals surface area contributed by atoms with E-state index in [9.17, 15) is 4.79 Å². The Labute approximate surface area is 120 Å². The second-order valence-corrected chi connectivity index (χ2v) is 6.02. The number of rotatable bonds is 5. The molecule has 20 heavy (non-hydrogen) atoms. The summed E-state index contributed by atoms with van der Waals surface area (Å²) in [6, 6.07) is 7.08. The minimum absolute atomic E-state index is 0.154. The molecule has 0 saturated heterocycles. The van der Waals surface area contributed by atoms with Crippen molar-refractivity contribution in [3.8, 4) is 0 Å². The summed E-state index contributed by atoms with van der Waals surface area (Å²) < 4.78 is 0. The molecule has 2 aliphatic rings. The zero-order chi connectivity index (χ0) is 14.1. The lowest BCUT2D eigenvalue weighted by atomic mass is 9.99. The Morgan fingerprint density at radius 3 is 2.95 bits per heavy atom. The van der Waals surface area contributed by atoms with Gasteiger partial charge in [0.1, 0.15) is 0 Å². The first-order chi connectivity index (χ1) is 9.63. The van der Waals surface area contributed by atoms with Gasteiger partial charge in [0.2, 0.25) is 0 Å². The molecule has 1 aromatic rings. The van der Waals surface area contributed by atoms with Crippen LogP contribution in [-0.4, -0.2) is 42.2 Å². The molecular weight excluding hydrogens is 252 g/mol. The first kappa shape index (κ1) is 13.4. The molecule has 1 N–H and O–H groups in total. The predicted molar refractivity (Wildman–Crippen MR) is 79.1 cm³/mol. The maximum Gasteiger partial charge on any atom is 0.317 e. The van der Waals surface area contributed by atoms with Crippen molar-refractivity contribution in [2.75, 3.05) is 25.0 Å². The van der Waals surface area contributed by atoms with Crippen molar-refractivity contribution in [3.63, 3.8) is 0 Å². The summed E-state index contributed by atoms with van der Waals surface area (Å²) in [5.74, 6) is -0.727. The van der Waals surface area contributed by atoms with Crippen LogP contribution in [0.5, 0.6) is 0 Å². The molecule has 0 amide bonds. The summed E-state index contributed by atoms with van der Waals surface area (Å²) in [7, 11) is 2.14. The first-order valence-corrected chi connectivity index (χ1v) is 7.42. The summed E-state index contributed by atoms with van der Waals surface area (Å²) in [5.41, 5.74) is 3.98. The van der Waals surface area contributed by atoms with Gasteiger partial charge in [-0.05, 0) is 42.9 Å². The van der Waals surface area contributed by atoms with Gasteiger partial charge in [-0.2, -0.15) is 0 Å². The van der Waals surface area contributed by atoms with Gasteiger partial charge in [0, 0.05) is 31.9 Å². The van der Waals surface area contributed by atoms with E-state index in [1.807, 2.05) is 0 Å². The van der Waals surface area contributed by atoms with Crippen LogP contribution < -0.4 is 4.90 Å². The van der Waals surface area contributed by atoms with Gasteiger partial charge in [0.05, 0.1) is 6.54 Å². The molecule has 0 atom stereocenters. The molecule has 0 unspecified atom stereocenters. The average molecular weight is 274 g/mol. The smallest absolute Gasteiger partial charge is 0.317 e. The lowest BCUT2D eigenvalue weighted by Gasteiger charge is -2.28. The van der Waals surface area contributed by atoms with Crippen LogP contribution in [0.25, 0.3) is 0 Å². The average Bonchev–Trinajstić information content (AvgIpc) is 3.22. The fourth-order valence-corrected chi connectivity index (χ4v) is 3.10. The largest absolute Gasteiger partial charge is 0.480 e. The Hall–Kier alpha value is -1.55. The van der Waals surface area contributed by atoms with Gasteiger partial charge in [-0.25, -0.2) is 0 Å². The van der Waals surface area contributed by atoms with Crippen molar-refractivity contribution in [1.82, 2.24) is 4.90 Å². The number of benzene rings is 1. The maximum atomic E-state index is 11.0. The molecular formula is C16H22N2O2. The van der Waals surface area contributed by atoms with Crippen LogP contribution in [0.3, 0.4) is 0 Å². The monoisotopic (exact) mass is 274 g/mol. The van der Waals surface area contributed by atoms with Gasteiger partial charge >= 0.3 is 5.97 Å². The van der Waals surface area contributed by atoms with Crippen molar-refractivity contribution < 1.29 is 9.90 Å². The number of hydrogen-bond donors (Lipinski definition) is 1. The topological polar surface area (TPSA) is 43.8 Å². The minimum atomic E-state index is -0.727. The third-order valence-electron chi connectivity index (χ3n) is 4.28. The van der Waals surface area contributed by atoms with E-state index >= 15 is 0 Å². The van der Waals surface area contributed by atoms with Gasteiger partial charge < -0.3 is 10.0 Å². The van der Waals surface area contributed by atoms with Crippen LogP contribution in [0, 0.1) is 0 Å². The summed E-state index contributed by atoms with van der Waals surface area (Å²) >= 11 is 0. The molecule has 4 nitrogen and oxygen atoms in total. The molecule has 1 fully saturated rings. The van der Waals surface area contributed by atoms with Crippen molar-refractivity contribution in [1.29, 1.82) is 0 Å². The summed E-state index contributed by atoms with van der Waals surface area (Å²) in [6.07, 6.45) is 4.62. The second kappa shape index (κ2) is 5.44. The molecule has 1 aliphatic carbocycles. The second-order valence-electron chi connectivity index (χ2n) is 6.02.